The normalized spacial score (nSPS) is 14.5. The number of hydrogen-bond donors (Lipinski definition) is 1. The minimum absolute atomic E-state index is 0.0574. The van der Waals surface area contributed by atoms with Crippen LogP contribution in [0, 0.1) is 0 Å². The maximum atomic E-state index is 12.9. The lowest BCUT2D eigenvalue weighted by molar-refractivity contribution is 0.0533. The fourth-order valence-corrected chi connectivity index (χ4v) is 4.23. The van der Waals surface area contributed by atoms with Crippen LogP contribution in [0.2, 0.25) is 0 Å². The molecule has 0 saturated carbocycles. The number of amides is 2. The van der Waals surface area contributed by atoms with Crippen molar-refractivity contribution in [3.05, 3.63) is 65.4 Å². The second kappa shape index (κ2) is 7.17. The molecule has 2 amide bonds. The number of aromatic amines is 1. The molecule has 4 aromatic rings. The van der Waals surface area contributed by atoms with Gasteiger partial charge in [0.2, 0.25) is 0 Å². The van der Waals surface area contributed by atoms with Crippen molar-refractivity contribution in [1.82, 2.24) is 29.6 Å². The van der Waals surface area contributed by atoms with Crippen molar-refractivity contribution in [2.45, 2.75) is 0 Å². The van der Waals surface area contributed by atoms with Gasteiger partial charge in [0.25, 0.3) is 11.8 Å². The number of carbonyl (C=O) groups excluding carboxylic acids is 2. The van der Waals surface area contributed by atoms with Crippen molar-refractivity contribution >= 4 is 28.7 Å². The molecule has 0 unspecified atom stereocenters. The van der Waals surface area contributed by atoms with Gasteiger partial charge in [-0.2, -0.15) is 10.2 Å². The second-order valence-electron chi connectivity index (χ2n) is 6.82. The molecule has 1 aliphatic rings. The maximum absolute atomic E-state index is 12.9. The highest BCUT2D eigenvalue weighted by Gasteiger charge is 2.28. The van der Waals surface area contributed by atoms with Crippen LogP contribution >= 0.6 is 11.3 Å². The van der Waals surface area contributed by atoms with E-state index in [1.54, 1.807) is 37.9 Å². The summed E-state index contributed by atoms with van der Waals surface area (Å²) in [6.45, 7) is 1.92. The highest BCUT2D eigenvalue weighted by atomic mass is 32.1. The number of thiophene rings is 1. The molecule has 0 aromatic carbocycles. The number of H-pyrrole nitrogens is 1. The Morgan fingerprint density at radius 3 is 2.55 bits per heavy atom. The molecule has 0 bridgehead atoms. The zero-order valence-electron chi connectivity index (χ0n) is 15.5. The van der Waals surface area contributed by atoms with Crippen LogP contribution in [0.1, 0.15) is 20.8 Å². The van der Waals surface area contributed by atoms with Gasteiger partial charge in [-0.05, 0) is 29.6 Å². The van der Waals surface area contributed by atoms with Crippen LogP contribution in [0.25, 0.3) is 16.1 Å². The Hall–Kier alpha value is -3.46. The quantitative estimate of drug-likeness (QED) is 0.566. The molecule has 0 atom stereocenters. The number of fused-ring (bicyclic) bond motifs is 1. The summed E-state index contributed by atoms with van der Waals surface area (Å²) >= 11 is 1.59. The highest BCUT2D eigenvalue weighted by Crippen LogP contribution is 2.23. The number of aromatic nitrogens is 4. The van der Waals surface area contributed by atoms with E-state index in [1.807, 2.05) is 41.9 Å². The number of nitrogens with zero attached hydrogens (tertiary/aromatic N) is 5. The Morgan fingerprint density at radius 2 is 1.79 bits per heavy atom. The molecule has 29 heavy (non-hydrogen) atoms. The van der Waals surface area contributed by atoms with Gasteiger partial charge < -0.3 is 9.80 Å². The van der Waals surface area contributed by atoms with Gasteiger partial charge in [-0.1, -0.05) is 12.1 Å². The van der Waals surface area contributed by atoms with E-state index in [-0.39, 0.29) is 11.8 Å². The fraction of sp³-hybridized carbons (Fsp3) is 0.200. The van der Waals surface area contributed by atoms with E-state index in [0.717, 1.165) is 16.1 Å². The van der Waals surface area contributed by atoms with Gasteiger partial charge >= 0.3 is 0 Å². The number of carbonyl (C=O) groups is 2. The number of nitrogens with one attached hydrogen (secondary N) is 1. The maximum Gasteiger partial charge on any atom is 0.274 e. The molecule has 1 saturated heterocycles. The van der Waals surface area contributed by atoms with Crippen molar-refractivity contribution in [3.8, 4) is 10.6 Å². The molecule has 8 nitrogen and oxygen atoms in total. The van der Waals surface area contributed by atoms with Crippen molar-refractivity contribution < 1.29 is 9.59 Å². The molecule has 0 aliphatic carbocycles. The fourth-order valence-electron chi connectivity index (χ4n) is 3.53. The van der Waals surface area contributed by atoms with Crippen molar-refractivity contribution in [2.24, 2.45) is 0 Å². The van der Waals surface area contributed by atoms with E-state index in [4.69, 9.17) is 0 Å². The Bertz CT molecular complexity index is 1170. The number of piperazine rings is 1. The molecule has 5 rings (SSSR count). The Kier molecular flexibility index (Phi) is 4.36. The Labute approximate surface area is 170 Å². The number of pyridine rings is 1. The topological polar surface area (TPSA) is 86.6 Å². The Balaban J connectivity index is 1.25. The molecule has 5 heterocycles. The minimum atomic E-state index is -0.118. The van der Waals surface area contributed by atoms with Crippen LogP contribution < -0.4 is 0 Å². The second-order valence-corrected chi connectivity index (χ2v) is 7.76. The first-order chi connectivity index (χ1) is 14.2. The summed E-state index contributed by atoms with van der Waals surface area (Å²) in [5, 5.41) is 13.3. The van der Waals surface area contributed by atoms with Crippen LogP contribution in [0.4, 0.5) is 0 Å². The summed E-state index contributed by atoms with van der Waals surface area (Å²) in [5.41, 5.74) is 2.60. The van der Waals surface area contributed by atoms with Crippen molar-refractivity contribution in [3.63, 3.8) is 0 Å². The SMILES string of the molecule is O=C(c1cc(-c2cccs2)[nH]n1)N1CCN(C(=O)c2cnn3ccccc23)CC1. The van der Waals surface area contributed by atoms with Gasteiger partial charge in [0.1, 0.15) is 0 Å². The zero-order chi connectivity index (χ0) is 19.8. The van der Waals surface area contributed by atoms with E-state index in [1.165, 1.54) is 0 Å². The predicted molar refractivity (Wildman–Crippen MR) is 109 cm³/mol. The first-order valence-corrected chi connectivity index (χ1v) is 10.2. The third-order valence-corrected chi connectivity index (χ3v) is 6.00. The lowest BCUT2D eigenvalue weighted by atomic mass is 10.2. The molecular formula is C20H18N6O2S. The number of hydrogen-bond acceptors (Lipinski definition) is 5. The largest absolute Gasteiger partial charge is 0.335 e. The van der Waals surface area contributed by atoms with Gasteiger partial charge in [-0.15, -0.1) is 11.3 Å². The van der Waals surface area contributed by atoms with E-state index < -0.39 is 0 Å². The molecule has 146 valence electrons. The van der Waals surface area contributed by atoms with Crippen LogP contribution in [0.3, 0.4) is 0 Å². The average molecular weight is 406 g/mol. The van der Waals surface area contributed by atoms with Crippen LogP contribution in [-0.2, 0) is 0 Å². The average Bonchev–Trinajstić information content (AvgIpc) is 3.53. The van der Waals surface area contributed by atoms with E-state index in [9.17, 15) is 9.59 Å². The molecular weight excluding hydrogens is 388 g/mol. The predicted octanol–water partition coefficient (Wildman–Crippen LogP) is 2.38. The van der Waals surface area contributed by atoms with E-state index in [2.05, 4.69) is 15.3 Å². The first-order valence-electron chi connectivity index (χ1n) is 9.31. The van der Waals surface area contributed by atoms with Crippen LogP contribution in [0.5, 0.6) is 0 Å². The van der Waals surface area contributed by atoms with E-state index >= 15 is 0 Å². The number of rotatable bonds is 3. The highest BCUT2D eigenvalue weighted by molar-refractivity contribution is 7.13. The molecule has 4 aromatic heterocycles. The van der Waals surface area contributed by atoms with E-state index in [0.29, 0.717) is 37.4 Å². The third kappa shape index (κ3) is 3.19. The van der Waals surface area contributed by atoms with Crippen molar-refractivity contribution in [2.75, 3.05) is 26.2 Å². The van der Waals surface area contributed by atoms with Crippen LogP contribution in [0.15, 0.2) is 54.2 Å². The minimum Gasteiger partial charge on any atom is -0.335 e. The summed E-state index contributed by atoms with van der Waals surface area (Å²) in [5.74, 6) is -0.176. The lowest BCUT2D eigenvalue weighted by Gasteiger charge is -2.34. The molecule has 1 aliphatic heterocycles. The molecule has 0 spiro atoms. The molecule has 1 fully saturated rings. The van der Waals surface area contributed by atoms with Gasteiger partial charge in [0, 0.05) is 32.4 Å². The first kappa shape index (κ1) is 17.6. The van der Waals surface area contributed by atoms with Gasteiger partial charge in [-0.25, -0.2) is 4.52 Å². The van der Waals surface area contributed by atoms with Gasteiger partial charge in [0.05, 0.1) is 27.8 Å². The zero-order valence-corrected chi connectivity index (χ0v) is 16.3. The standard InChI is InChI=1S/C20H18N6O2S/c27-19(14-13-21-26-6-2-1-4-17(14)26)24-7-9-25(10-8-24)20(28)16-12-15(22-23-16)18-5-3-11-29-18/h1-6,11-13H,7-10H2,(H,22,23). The third-order valence-electron chi connectivity index (χ3n) is 5.09. The summed E-state index contributed by atoms with van der Waals surface area (Å²) in [6.07, 6.45) is 3.42. The molecule has 0 radical (unpaired) electrons. The molecule has 1 N–H and O–H groups in total. The molecule has 9 heteroatoms. The lowest BCUT2D eigenvalue weighted by Crippen LogP contribution is -2.50. The monoisotopic (exact) mass is 406 g/mol. The Morgan fingerprint density at radius 1 is 1.00 bits per heavy atom. The summed E-state index contributed by atoms with van der Waals surface area (Å²) in [7, 11) is 0. The van der Waals surface area contributed by atoms with Gasteiger partial charge in [0.15, 0.2) is 5.69 Å². The van der Waals surface area contributed by atoms with Gasteiger partial charge in [-0.3, -0.25) is 14.7 Å². The summed E-state index contributed by atoms with van der Waals surface area (Å²) < 4.78 is 1.69. The summed E-state index contributed by atoms with van der Waals surface area (Å²) in [4.78, 5) is 30.3. The summed E-state index contributed by atoms with van der Waals surface area (Å²) in [6, 6.07) is 11.4. The van der Waals surface area contributed by atoms with Crippen molar-refractivity contribution in [1.29, 1.82) is 0 Å². The van der Waals surface area contributed by atoms with Crippen LogP contribution in [-0.4, -0.2) is 67.6 Å². The smallest absolute Gasteiger partial charge is 0.274 e.